The van der Waals surface area contributed by atoms with Gasteiger partial charge in [0.25, 0.3) is 5.91 Å². The zero-order valence-corrected chi connectivity index (χ0v) is 15.3. The summed E-state index contributed by atoms with van der Waals surface area (Å²) >= 11 is 0. The Bertz CT molecular complexity index is 723. The topological polar surface area (TPSA) is 50.6 Å². The number of piperazine rings is 1. The highest BCUT2D eigenvalue weighted by atomic mass is 16.5. The van der Waals surface area contributed by atoms with Gasteiger partial charge in [0.2, 0.25) is 0 Å². The van der Waals surface area contributed by atoms with E-state index in [1.165, 1.54) is 5.56 Å². The summed E-state index contributed by atoms with van der Waals surface area (Å²) in [5.74, 6) is 0.897. The Morgan fingerprint density at radius 1 is 1.20 bits per heavy atom. The van der Waals surface area contributed by atoms with Crippen LogP contribution in [0.2, 0.25) is 0 Å². The number of hydrogen-bond donors (Lipinski definition) is 0. The molecule has 1 aliphatic rings. The van der Waals surface area contributed by atoms with Gasteiger partial charge in [-0.2, -0.15) is 5.10 Å². The summed E-state index contributed by atoms with van der Waals surface area (Å²) in [5.41, 5.74) is 1.85. The van der Waals surface area contributed by atoms with Crippen molar-refractivity contribution in [2.75, 3.05) is 33.8 Å². The summed E-state index contributed by atoms with van der Waals surface area (Å²) in [6, 6.07) is 10.2. The number of ether oxygens (including phenoxy) is 1. The molecule has 1 amide bonds. The third-order valence-electron chi connectivity index (χ3n) is 4.81. The van der Waals surface area contributed by atoms with E-state index in [2.05, 4.69) is 29.2 Å². The molecule has 6 nitrogen and oxygen atoms in total. The van der Waals surface area contributed by atoms with Gasteiger partial charge in [-0.3, -0.25) is 14.4 Å². The van der Waals surface area contributed by atoms with E-state index < -0.39 is 0 Å². The molecule has 2 aromatic rings. The molecule has 0 radical (unpaired) electrons. The third-order valence-corrected chi connectivity index (χ3v) is 4.81. The Labute approximate surface area is 149 Å². The largest absolute Gasteiger partial charge is 0.497 e. The first-order valence-electron chi connectivity index (χ1n) is 8.68. The van der Waals surface area contributed by atoms with Crippen LogP contribution in [0.25, 0.3) is 0 Å². The minimum Gasteiger partial charge on any atom is -0.497 e. The Balaban J connectivity index is 1.79. The van der Waals surface area contributed by atoms with Crippen molar-refractivity contribution in [2.45, 2.75) is 25.9 Å². The van der Waals surface area contributed by atoms with Crippen molar-refractivity contribution in [3.8, 4) is 5.75 Å². The molecule has 0 spiro atoms. The molecule has 25 heavy (non-hydrogen) atoms. The average molecular weight is 342 g/mol. The number of benzene rings is 1. The number of rotatable bonds is 4. The molecule has 1 aromatic carbocycles. The van der Waals surface area contributed by atoms with E-state index >= 15 is 0 Å². The summed E-state index contributed by atoms with van der Waals surface area (Å²) in [7, 11) is 3.77. The van der Waals surface area contributed by atoms with Crippen molar-refractivity contribution < 1.29 is 9.53 Å². The van der Waals surface area contributed by atoms with Crippen LogP contribution in [0.3, 0.4) is 0 Å². The smallest absolute Gasteiger partial charge is 0.272 e. The van der Waals surface area contributed by atoms with E-state index in [0.717, 1.165) is 18.8 Å². The van der Waals surface area contributed by atoms with Crippen molar-refractivity contribution in [3.63, 3.8) is 0 Å². The van der Waals surface area contributed by atoms with Crippen LogP contribution in [0.5, 0.6) is 5.75 Å². The molecule has 134 valence electrons. The highest BCUT2D eigenvalue weighted by Gasteiger charge is 2.30. The van der Waals surface area contributed by atoms with Crippen LogP contribution in [0.4, 0.5) is 0 Å². The molecule has 0 bridgehead atoms. The summed E-state index contributed by atoms with van der Waals surface area (Å²) < 4.78 is 7.03. The van der Waals surface area contributed by atoms with E-state index in [-0.39, 0.29) is 18.0 Å². The van der Waals surface area contributed by atoms with Gasteiger partial charge in [-0.15, -0.1) is 0 Å². The molecule has 1 atom stereocenters. The molecule has 0 unspecified atom stereocenters. The van der Waals surface area contributed by atoms with Crippen LogP contribution in [0.15, 0.2) is 36.5 Å². The summed E-state index contributed by atoms with van der Waals surface area (Å²) in [4.78, 5) is 17.2. The number of carbonyl (C=O) groups excluding carboxylic acids is 1. The standard InChI is InChI=1S/C19H26N4O2/c1-14(2)23-17(9-10-20-23)19(24)22-12-11-21(3)18(13-22)15-5-7-16(25-4)8-6-15/h5-10,14,18H,11-13H2,1-4H3/t18-/m0/s1. The minimum atomic E-state index is 0.0535. The number of hydrogen-bond acceptors (Lipinski definition) is 4. The predicted molar refractivity (Wildman–Crippen MR) is 96.9 cm³/mol. The highest BCUT2D eigenvalue weighted by Crippen LogP contribution is 2.26. The maximum atomic E-state index is 13.0. The molecule has 6 heteroatoms. The van der Waals surface area contributed by atoms with Crippen LogP contribution >= 0.6 is 0 Å². The number of amides is 1. The first kappa shape index (κ1) is 17.5. The van der Waals surface area contributed by atoms with Gasteiger partial charge in [0.1, 0.15) is 11.4 Å². The zero-order chi connectivity index (χ0) is 18.0. The lowest BCUT2D eigenvalue weighted by atomic mass is 10.0. The molecule has 1 fully saturated rings. The van der Waals surface area contributed by atoms with Crippen molar-refractivity contribution in [1.82, 2.24) is 19.6 Å². The molecule has 0 aliphatic carbocycles. The lowest BCUT2D eigenvalue weighted by molar-refractivity contribution is 0.0533. The first-order chi connectivity index (χ1) is 12.0. The fraction of sp³-hybridized carbons (Fsp3) is 0.474. The Hall–Kier alpha value is -2.34. The van der Waals surface area contributed by atoms with E-state index in [0.29, 0.717) is 12.2 Å². The fourth-order valence-electron chi connectivity index (χ4n) is 3.30. The van der Waals surface area contributed by atoms with Gasteiger partial charge in [-0.05, 0) is 44.7 Å². The second kappa shape index (κ2) is 7.27. The van der Waals surface area contributed by atoms with E-state index in [9.17, 15) is 4.79 Å². The number of nitrogens with zero attached hydrogens (tertiary/aromatic N) is 4. The van der Waals surface area contributed by atoms with Gasteiger partial charge in [0, 0.05) is 31.9 Å². The lowest BCUT2D eigenvalue weighted by Gasteiger charge is -2.39. The molecule has 0 N–H and O–H groups in total. The van der Waals surface area contributed by atoms with Crippen molar-refractivity contribution in [1.29, 1.82) is 0 Å². The molecule has 1 saturated heterocycles. The summed E-state index contributed by atoms with van der Waals surface area (Å²) in [6.45, 7) is 6.32. The highest BCUT2D eigenvalue weighted by molar-refractivity contribution is 5.92. The zero-order valence-electron chi connectivity index (χ0n) is 15.3. The SMILES string of the molecule is COc1ccc([C@@H]2CN(C(=O)c3ccnn3C(C)C)CCN2C)cc1. The first-order valence-corrected chi connectivity index (χ1v) is 8.68. The fourth-order valence-corrected chi connectivity index (χ4v) is 3.30. The normalized spacial score (nSPS) is 18.6. The van der Waals surface area contributed by atoms with E-state index in [4.69, 9.17) is 4.74 Å². The average Bonchev–Trinajstić information content (AvgIpc) is 3.12. The number of carbonyl (C=O) groups is 1. The molecule has 1 aromatic heterocycles. The molecular weight excluding hydrogens is 316 g/mol. The number of methoxy groups -OCH3 is 1. The number of aromatic nitrogens is 2. The monoisotopic (exact) mass is 342 g/mol. The van der Waals surface area contributed by atoms with Gasteiger partial charge in [-0.25, -0.2) is 0 Å². The van der Waals surface area contributed by atoms with Crippen LogP contribution in [0.1, 0.15) is 42.0 Å². The lowest BCUT2D eigenvalue weighted by Crippen LogP contribution is -2.49. The van der Waals surface area contributed by atoms with Crippen molar-refractivity contribution in [2.24, 2.45) is 0 Å². The molecule has 3 rings (SSSR count). The van der Waals surface area contributed by atoms with Gasteiger partial charge < -0.3 is 9.64 Å². The Kier molecular flexibility index (Phi) is 5.08. The molecular formula is C19H26N4O2. The number of likely N-dealkylation sites (N-methyl/N-ethyl adjacent to an activating group) is 1. The van der Waals surface area contributed by atoms with Crippen LogP contribution in [-0.2, 0) is 0 Å². The van der Waals surface area contributed by atoms with Gasteiger partial charge in [-0.1, -0.05) is 12.1 Å². The molecule has 0 saturated carbocycles. The van der Waals surface area contributed by atoms with Crippen LogP contribution in [0, 0.1) is 0 Å². The third kappa shape index (κ3) is 3.54. The molecule has 2 heterocycles. The quantitative estimate of drug-likeness (QED) is 0.857. The predicted octanol–water partition coefficient (Wildman–Crippen LogP) is 2.60. The maximum absolute atomic E-state index is 13.0. The van der Waals surface area contributed by atoms with Gasteiger partial charge in [0.05, 0.1) is 13.2 Å². The maximum Gasteiger partial charge on any atom is 0.272 e. The van der Waals surface area contributed by atoms with E-state index in [1.807, 2.05) is 36.9 Å². The Morgan fingerprint density at radius 2 is 1.92 bits per heavy atom. The van der Waals surface area contributed by atoms with Crippen molar-refractivity contribution in [3.05, 3.63) is 47.8 Å². The second-order valence-corrected chi connectivity index (χ2v) is 6.78. The second-order valence-electron chi connectivity index (χ2n) is 6.78. The van der Waals surface area contributed by atoms with Crippen molar-refractivity contribution >= 4 is 5.91 Å². The molecule has 1 aliphatic heterocycles. The van der Waals surface area contributed by atoms with Gasteiger partial charge in [0.15, 0.2) is 0 Å². The summed E-state index contributed by atoms with van der Waals surface area (Å²) in [5, 5.41) is 4.29. The summed E-state index contributed by atoms with van der Waals surface area (Å²) in [6.07, 6.45) is 1.70. The van der Waals surface area contributed by atoms with E-state index in [1.54, 1.807) is 18.0 Å². The Morgan fingerprint density at radius 3 is 2.56 bits per heavy atom. The van der Waals surface area contributed by atoms with Crippen LogP contribution < -0.4 is 4.74 Å². The van der Waals surface area contributed by atoms with Gasteiger partial charge >= 0.3 is 0 Å². The van der Waals surface area contributed by atoms with Crippen LogP contribution in [-0.4, -0.2) is 59.3 Å². The minimum absolute atomic E-state index is 0.0535.